The molecular formula is C16H21N5O3. The summed E-state index contributed by atoms with van der Waals surface area (Å²) < 4.78 is 0. The number of benzene rings is 1. The molecule has 0 fully saturated rings. The molecule has 1 aromatic rings. The van der Waals surface area contributed by atoms with Crippen LogP contribution in [0.2, 0.25) is 0 Å². The predicted molar refractivity (Wildman–Crippen MR) is 93.7 cm³/mol. The molecule has 0 bridgehead atoms. The summed E-state index contributed by atoms with van der Waals surface area (Å²) in [6.07, 6.45) is 0.403. The fourth-order valence-corrected chi connectivity index (χ4v) is 2.60. The second-order valence-corrected chi connectivity index (χ2v) is 6.07. The number of guanidine groups is 1. The van der Waals surface area contributed by atoms with E-state index in [1.54, 1.807) is 12.1 Å². The first-order chi connectivity index (χ1) is 11.3. The van der Waals surface area contributed by atoms with Gasteiger partial charge in [-0.05, 0) is 19.9 Å². The zero-order chi connectivity index (χ0) is 17.9. The molecule has 2 rings (SSSR count). The Morgan fingerprint density at radius 2 is 2.21 bits per heavy atom. The number of hydrogen-bond donors (Lipinski definition) is 2. The van der Waals surface area contributed by atoms with Gasteiger partial charge in [-0.1, -0.05) is 13.0 Å². The number of anilines is 1. The van der Waals surface area contributed by atoms with Crippen LogP contribution in [0.1, 0.15) is 32.8 Å². The molecule has 1 heterocycles. The lowest BCUT2D eigenvalue weighted by Gasteiger charge is -2.19. The zero-order valence-corrected chi connectivity index (χ0v) is 13.9. The molecule has 1 aliphatic heterocycles. The lowest BCUT2D eigenvalue weighted by atomic mass is 9.91. The van der Waals surface area contributed by atoms with Crippen LogP contribution in [-0.2, 0) is 4.79 Å². The van der Waals surface area contributed by atoms with E-state index in [0.717, 1.165) is 0 Å². The van der Waals surface area contributed by atoms with Gasteiger partial charge in [-0.2, -0.15) is 0 Å². The number of nitro benzene ring substituents is 1. The van der Waals surface area contributed by atoms with Gasteiger partial charge in [0.15, 0.2) is 11.7 Å². The summed E-state index contributed by atoms with van der Waals surface area (Å²) in [6.45, 7) is 5.73. The summed E-state index contributed by atoms with van der Waals surface area (Å²) in [6, 6.07) is 4.76. The maximum Gasteiger partial charge on any atom is 0.293 e. The number of aliphatic imine (C=N–C) groups is 2. The number of nitro groups is 1. The first kappa shape index (κ1) is 17.6. The third-order valence-electron chi connectivity index (χ3n) is 3.58. The van der Waals surface area contributed by atoms with E-state index in [0.29, 0.717) is 17.7 Å². The number of rotatable bonds is 4. The maximum atomic E-state index is 11.4. The highest BCUT2D eigenvalue weighted by Gasteiger charge is 2.24. The van der Waals surface area contributed by atoms with E-state index < -0.39 is 4.92 Å². The van der Waals surface area contributed by atoms with E-state index in [-0.39, 0.29) is 41.6 Å². The third-order valence-corrected chi connectivity index (χ3v) is 3.58. The number of Topliss-reactive ketones (excluding diaryl/α,β-unsaturated/α-hetero) is 1. The first-order valence-corrected chi connectivity index (χ1v) is 7.73. The molecule has 0 spiro atoms. The Hall–Kier alpha value is -2.77. The van der Waals surface area contributed by atoms with Gasteiger partial charge in [0.2, 0.25) is 0 Å². The molecule has 1 atom stereocenters. The molecule has 0 saturated heterocycles. The van der Waals surface area contributed by atoms with Crippen molar-refractivity contribution in [1.82, 2.24) is 0 Å². The van der Waals surface area contributed by atoms with Crippen molar-refractivity contribution in [3.05, 3.63) is 33.9 Å². The molecule has 1 unspecified atom stereocenters. The summed E-state index contributed by atoms with van der Waals surface area (Å²) in [5.74, 6) is 0.142. The van der Waals surface area contributed by atoms with Crippen molar-refractivity contribution < 1.29 is 9.72 Å². The molecule has 0 radical (unpaired) electrons. The molecule has 0 aliphatic carbocycles. The van der Waals surface area contributed by atoms with Gasteiger partial charge < -0.3 is 11.1 Å². The Labute approximate surface area is 140 Å². The van der Waals surface area contributed by atoms with E-state index >= 15 is 0 Å². The molecule has 128 valence electrons. The van der Waals surface area contributed by atoms with Crippen LogP contribution in [0, 0.1) is 16.0 Å². The van der Waals surface area contributed by atoms with Gasteiger partial charge in [-0.15, -0.1) is 0 Å². The highest BCUT2D eigenvalue weighted by molar-refractivity contribution is 6.08. The van der Waals surface area contributed by atoms with Crippen molar-refractivity contribution in [3.63, 3.8) is 0 Å². The Morgan fingerprint density at radius 3 is 2.79 bits per heavy atom. The van der Waals surface area contributed by atoms with Gasteiger partial charge in [0.05, 0.1) is 11.5 Å². The van der Waals surface area contributed by atoms with Crippen LogP contribution in [0.25, 0.3) is 0 Å². The average Bonchev–Trinajstić information content (AvgIpc) is 2.46. The standard InChI is InChI=1S/C16H21N5O3/c1-9(2)19-16(17)20-13-5-4-11(7-14(13)21(23)24)15-10(3)6-12(22)8-18-15/h4-5,7,9-10H,6,8H2,1-3H3,(H3,17,19,20). The molecule has 24 heavy (non-hydrogen) atoms. The number of carbonyl (C=O) groups is 1. The Bertz CT molecular complexity index is 724. The fourth-order valence-electron chi connectivity index (χ4n) is 2.60. The van der Waals surface area contributed by atoms with Gasteiger partial charge in [-0.25, -0.2) is 0 Å². The minimum absolute atomic E-state index is 0.0224. The summed E-state index contributed by atoms with van der Waals surface area (Å²) in [5, 5.41) is 14.1. The molecule has 0 aromatic heterocycles. The van der Waals surface area contributed by atoms with Crippen LogP contribution in [0.15, 0.2) is 28.2 Å². The van der Waals surface area contributed by atoms with Gasteiger partial charge in [0.25, 0.3) is 5.69 Å². The number of nitrogens with one attached hydrogen (secondary N) is 1. The van der Waals surface area contributed by atoms with Gasteiger partial charge in [-0.3, -0.25) is 24.9 Å². The highest BCUT2D eigenvalue weighted by atomic mass is 16.6. The maximum absolute atomic E-state index is 11.4. The molecule has 0 saturated carbocycles. The van der Waals surface area contributed by atoms with Gasteiger partial charge >= 0.3 is 0 Å². The van der Waals surface area contributed by atoms with Gasteiger partial charge in [0, 0.05) is 35.7 Å². The smallest absolute Gasteiger partial charge is 0.293 e. The lowest BCUT2D eigenvalue weighted by Crippen LogP contribution is -2.26. The largest absolute Gasteiger partial charge is 0.370 e. The van der Waals surface area contributed by atoms with E-state index in [4.69, 9.17) is 5.73 Å². The summed E-state index contributed by atoms with van der Waals surface area (Å²) >= 11 is 0. The quantitative estimate of drug-likeness (QED) is 0.378. The van der Waals surface area contributed by atoms with Crippen LogP contribution in [0.4, 0.5) is 11.4 Å². The number of nitrogens with two attached hydrogens (primary N) is 1. The van der Waals surface area contributed by atoms with E-state index in [1.807, 2.05) is 20.8 Å². The van der Waals surface area contributed by atoms with Crippen molar-refractivity contribution in [3.8, 4) is 0 Å². The molecule has 8 heteroatoms. The Morgan fingerprint density at radius 1 is 1.50 bits per heavy atom. The summed E-state index contributed by atoms with van der Waals surface area (Å²) in [4.78, 5) is 30.7. The predicted octanol–water partition coefficient (Wildman–Crippen LogP) is 2.13. The molecule has 3 N–H and O–H groups in total. The molecule has 0 amide bonds. The van der Waals surface area contributed by atoms with Crippen molar-refractivity contribution in [1.29, 1.82) is 0 Å². The zero-order valence-electron chi connectivity index (χ0n) is 13.9. The van der Waals surface area contributed by atoms with Crippen LogP contribution in [-0.4, -0.2) is 35.0 Å². The van der Waals surface area contributed by atoms with Crippen molar-refractivity contribution in [2.75, 3.05) is 11.9 Å². The SMILES string of the molecule is CC(C)N=C(N)Nc1ccc(C2=NCC(=O)CC2C)cc1[N+](=O)[O-]. The molecule has 8 nitrogen and oxygen atoms in total. The Balaban J connectivity index is 2.37. The highest BCUT2D eigenvalue weighted by Crippen LogP contribution is 2.28. The molecule has 1 aliphatic rings. The second-order valence-electron chi connectivity index (χ2n) is 6.07. The first-order valence-electron chi connectivity index (χ1n) is 7.73. The average molecular weight is 331 g/mol. The fraction of sp³-hybridized carbons (Fsp3) is 0.438. The minimum atomic E-state index is -0.478. The van der Waals surface area contributed by atoms with E-state index in [1.165, 1.54) is 6.07 Å². The minimum Gasteiger partial charge on any atom is -0.370 e. The molecular weight excluding hydrogens is 310 g/mol. The number of hydrogen-bond acceptors (Lipinski definition) is 5. The van der Waals surface area contributed by atoms with Crippen LogP contribution < -0.4 is 11.1 Å². The van der Waals surface area contributed by atoms with Crippen LogP contribution >= 0.6 is 0 Å². The van der Waals surface area contributed by atoms with Crippen LogP contribution in [0.5, 0.6) is 0 Å². The van der Waals surface area contributed by atoms with E-state index in [2.05, 4.69) is 15.3 Å². The third kappa shape index (κ3) is 4.15. The number of nitrogens with zero attached hydrogens (tertiary/aromatic N) is 3. The van der Waals surface area contributed by atoms with Crippen molar-refractivity contribution >= 4 is 28.8 Å². The van der Waals surface area contributed by atoms with Crippen molar-refractivity contribution in [2.24, 2.45) is 21.6 Å². The number of carbonyl (C=O) groups excluding carboxylic acids is 1. The van der Waals surface area contributed by atoms with Crippen molar-refractivity contribution in [2.45, 2.75) is 33.2 Å². The lowest BCUT2D eigenvalue weighted by molar-refractivity contribution is -0.383. The second kappa shape index (κ2) is 7.20. The monoisotopic (exact) mass is 331 g/mol. The summed E-state index contributed by atoms with van der Waals surface area (Å²) in [5.41, 5.74) is 7.27. The topological polar surface area (TPSA) is 123 Å². The Kier molecular flexibility index (Phi) is 5.28. The van der Waals surface area contributed by atoms with Gasteiger partial charge in [0.1, 0.15) is 5.69 Å². The normalized spacial score (nSPS) is 18.5. The summed E-state index contributed by atoms with van der Waals surface area (Å²) in [7, 11) is 0. The number of ketones is 1. The van der Waals surface area contributed by atoms with E-state index in [9.17, 15) is 14.9 Å². The molecule has 1 aromatic carbocycles. The van der Waals surface area contributed by atoms with Crippen LogP contribution in [0.3, 0.4) is 0 Å².